The van der Waals surface area contributed by atoms with Crippen LogP contribution in [0.1, 0.15) is 18.9 Å². The monoisotopic (exact) mass is 580 g/mol. The fourth-order valence-corrected chi connectivity index (χ4v) is 4.89. The van der Waals surface area contributed by atoms with Gasteiger partial charge in [0, 0.05) is 61.2 Å². The summed E-state index contributed by atoms with van der Waals surface area (Å²) in [6, 6.07) is 16.4. The molecule has 11 nitrogen and oxygen atoms in total. The third-order valence-corrected chi connectivity index (χ3v) is 7.04. The molecule has 12 heteroatoms. The minimum atomic E-state index is 0. The van der Waals surface area contributed by atoms with E-state index in [0.29, 0.717) is 25.2 Å². The molecule has 1 saturated carbocycles. The van der Waals surface area contributed by atoms with E-state index in [4.69, 9.17) is 19.7 Å². The highest BCUT2D eigenvalue weighted by molar-refractivity contribution is 5.88. The Hall–Kier alpha value is -4.74. The topological polar surface area (TPSA) is 113 Å². The Kier molecular flexibility index (Phi) is 8.11. The lowest BCUT2D eigenvalue weighted by atomic mass is 10.1. The Balaban J connectivity index is 0.000000404. The van der Waals surface area contributed by atoms with E-state index in [9.17, 15) is 0 Å². The SMILES string of the molecule is Cl.c1ccc(-c2cnn(-c3nc(N4CCOCC4)c4nc(-c5ccncc5)n(C5CC5)c4n3)c2)cc1.c1cncnc1. The van der Waals surface area contributed by atoms with Gasteiger partial charge in [0.2, 0.25) is 0 Å². The molecule has 0 atom stereocenters. The Bertz CT molecular complexity index is 1710. The van der Waals surface area contributed by atoms with E-state index in [1.807, 2.05) is 42.7 Å². The smallest absolute Gasteiger partial charge is 0.254 e. The van der Waals surface area contributed by atoms with Gasteiger partial charge in [-0.1, -0.05) is 30.3 Å². The predicted octanol–water partition coefficient (Wildman–Crippen LogP) is 4.81. The molecule has 0 radical (unpaired) electrons. The minimum absolute atomic E-state index is 0. The zero-order valence-electron chi connectivity index (χ0n) is 22.8. The van der Waals surface area contributed by atoms with Gasteiger partial charge in [0.15, 0.2) is 17.0 Å². The minimum Gasteiger partial charge on any atom is -0.378 e. The van der Waals surface area contributed by atoms with E-state index in [1.165, 1.54) is 6.33 Å². The summed E-state index contributed by atoms with van der Waals surface area (Å²) in [5.41, 5.74) is 4.84. The quantitative estimate of drug-likeness (QED) is 0.283. The molecule has 42 heavy (non-hydrogen) atoms. The maximum absolute atomic E-state index is 5.61. The normalized spacial score (nSPS) is 14.6. The number of morpholine rings is 1. The average Bonchev–Trinajstić information content (AvgIpc) is 3.63. The van der Waals surface area contributed by atoms with Crippen LogP contribution in [0.25, 0.3) is 39.6 Å². The van der Waals surface area contributed by atoms with Gasteiger partial charge in [-0.25, -0.2) is 19.6 Å². The molecule has 8 rings (SSSR count). The van der Waals surface area contributed by atoms with Crippen molar-refractivity contribution in [2.75, 3.05) is 31.2 Å². The van der Waals surface area contributed by atoms with E-state index in [2.05, 4.69) is 41.7 Å². The van der Waals surface area contributed by atoms with E-state index in [-0.39, 0.29) is 12.4 Å². The Morgan fingerprint density at radius 3 is 2.17 bits per heavy atom. The highest BCUT2D eigenvalue weighted by Crippen LogP contribution is 2.42. The lowest BCUT2D eigenvalue weighted by Gasteiger charge is -2.28. The van der Waals surface area contributed by atoms with Crippen LogP contribution in [0.5, 0.6) is 0 Å². The van der Waals surface area contributed by atoms with E-state index >= 15 is 0 Å². The summed E-state index contributed by atoms with van der Waals surface area (Å²) >= 11 is 0. The summed E-state index contributed by atoms with van der Waals surface area (Å²) in [5.74, 6) is 2.29. The Morgan fingerprint density at radius 2 is 1.50 bits per heavy atom. The molecular weight excluding hydrogens is 552 g/mol. The van der Waals surface area contributed by atoms with Gasteiger partial charge in [-0.3, -0.25) is 4.98 Å². The molecule has 5 aromatic heterocycles. The molecule has 6 aromatic rings. The number of hydrogen-bond donors (Lipinski definition) is 0. The Morgan fingerprint density at radius 1 is 0.738 bits per heavy atom. The third kappa shape index (κ3) is 5.69. The summed E-state index contributed by atoms with van der Waals surface area (Å²) in [5, 5.41) is 4.62. The van der Waals surface area contributed by atoms with E-state index in [0.717, 1.165) is 65.4 Å². The fraction of sp³-hybridized carbons (Fsp3) is 0.233. The molecule has 1 aliphatic heterocycles. The number of aromatic nitrogens is 9. The molecule has 1 aromatic carbocycles. The first-order valence-electron chi connectivity index (χ1n) is 13.7. The number of hydrogen-bond acceptors (Lipinski definition) is 9. The predicted molar refractivity (Wildman–Crippen MR) is 162 cm³/mol. The maximum Gasteiger partial charge on any atom is 0.254 e. The second kappa shape index (κ2) is 12.4. The number of benzene rings is 1. The number of anilines is 1. The van der Waals surface area contributed by atoms with Gasteiger partial charge in [0.25, 0.3) is 5.95 Å². The van der Waals surface area contributed by atoms with Crippen molar-refractivity contribution in [1.29, 1.82) is 0 Å². The summed E-state index contributed by atoms with van der Waals surface area (Å²) in [6.45, 7) is 2.87. The summed E-state index contributed by atoms with van der Waals surface area (Å²) in [6.07, 6.45) is 14.6. The molecular formula is C30H29ClN10O. The zero-order chi connectivity index (χ0) is 27.4. The zero-order valence-corrected chi connectivity index (χ0v) is 23.6. The molecule has 212 valence electrons. The second-order valence-corrected chi connectivity index (χ2v) is 9.84. The van der Waals surface area contributed by atoms with Crippen molar-refractivity contribution < 1.29 is 4.74 Å². The number of nitrogens with zero attached hydrogens (tertiary/aromatic N) is 10. The number of imidazole rings is 1. The molecule has 0 spiro atoms. The number of rotatable bonds is 5. The number of ether oxygens (including phenoxy) is 1. The van der Waals surface area contributed by atoms with Crippen LogP contribution in [0.4, 0.5) is 5.82 Å². The molecule has 1 aliphatic carbocycles. The highest BCUT2D eigenvalue weighted by Gasteiger charge is 2.32. The van der Waals surface area contributed by atoms with E-state index in [1.54, 1.807) is 35.5 Å². The lowest BCUT2D eigenvalue weighted by molar-refractivity contribution is 0.122. The first-order chi connectivity index (χ1) is 20.3. The lowest BCUT2D eigenvalue weighted by Crippen LogP contribution is -2.37. The number of halogens is 1. The molecule has 0 bridgehead atoms. The van der Waals surface area contributed by atoms with Crippen LogP contribution < -0.4 is 4.90 Å². The summed E-state index contributed by atoms with van der Waals surface area (Å²) in [4.78, 5) is 28.9. The van der Waals surface area contributed by atoms with Gasteiger partial charge in [0.1, 0.15) is 12.2 Å². The van der Waals surface area contributed by atoms with Gasteiger partial charge in [-0.05, 0) is 36.6 Å². The molecule has 0 N–H and O–H groups in total. The van der Waals surface area contributed by atoms with Gasteiger partial charge in [0.05, 0.1) is 19.4 Å². The first kappa shape index (κ1) is 27.4. The molecule has 0 amide bonds. The van der Waals surface area contributed by atoms with Gasteiger partial charge in [-0.15, -0.1) is 12.4 Å². The molecule has 0 unspecified atom stereocenters. The van der Waals surface area contributed by atoms with Gasteiger partial charge in [-0.2, -0.15) is 15.1 Å². The van der Waals surface area contributed by atoms with Crippen LogP contribution in [0.3, 0.4) is 0 Å². The van der Waals surface area contributed by atoms with Crippen molar-refractivity contribution in [2.45, 2.75) is 18.9 Å². The van der Waals surface area contributed by atoms with Crippen molar-refractivity contribution in [1.82, 2.24) is 44.3 Å². The summed E-state index contributed by atoms with van der Waals surface area (Å²) < 4.78 is 9.66. The molecule has 6 heterocycles. The van der Waals surface area contributed by atoms with Crippen molar-refractivity contribution in [3.63, 3.8) is 0 Å². The second-order valence-electron chi connectivity index (χ2n) is 9.84. The third-order valence-electron chi connectivity index (χ3n) is 7.04. The standard InChI is InChI=1S/C26H24N8O.C4H4N2.ClH/c1-2-4-18(5-3-1)20-16-28-33(17-20)26-30-24(32-12-14-35-15-13-32)22-25(31-26)34(21-6-7-21)23(29-22)19-8-10-27-11-9-19;1-2-5-4-6-3-1;/h1-5,8-11,16-17,21H,6-7,12-15H2;1-4H;1H. The molecule has 2 fully saturated rings. The highest BCUT2D eigenvalue weighted by atomic mass is 35.5. The van der Waals surface area contributed by atoms with Crippen LogP contribution >= 0.6 is 12.4 Å². The van der Waals surface area contributed by atoms with Crippen molar-refractivity contribution >= 4 is 29.4 Å². The maximum atomic E-state index is 5.61. The fourth-order valence-electron chi connectivity index (χ4n) is 4.89. The number of fused-ring (bicyclic) bond motifs is 1. The van der Waals surface area contributed by atoms with Crippen molar-refractivity contribution in [3.05, 3.63) is 92.0 Å². The van der Waals surface area contributed by atoms with Gasteiger partial charge < -0.3 is 14.2 Å². The first-order valence-corrected chi connectivity index (χ1v) is 13.7. The number of pyridine rings is 1. The van der Waals surface area contributed by atoms with E-state index < -0.39 is 0 Å². The molecule has 1 saturated heterocycles. The van der Waals surface area contributed by atoms with Crippen LogP contribution in [-0.2, 0) is 4.74 Å². The van der Waals surface area contributed by atoms with Crippen molar-refractivity contribution in [2.24, 2.45) is 0 Å². The van der Waals surface area contributed by atoms with Crippen LogP contribution in [0.2, 0.25) is 0 Å². The van der Waals surface area contributed by atoms with Crippen molar-refractivity contribution in [3.8, 4) is 28.5 Å². The average molecular weight is 581 g/mol. The van der Waals surface area contributed by atoms with Gasteiger partial charge >= 0.3 is 0 Å². The van der Waals surface area contributed by atoms with Crippen LogP contribution in [0.15, 0.2) is 92.0 Å². The molecule has 2 aliphatic rings. The summed E-state index contributed by atoms with van der Waals surface area (Å²) in [7, 11) is 0. The Labute approximate surface area is 248 Å². The van der Waals surface area contributed by atoms with Crippen LogP contribution in [0, 0.1) is 0 Å². The largest absolute Gasteiger partial charge is 0.378 e. The van der Waals surface area contributed by atoms with Crippen LogP contribution in [-0.4, -0.2) is 70.6 Å².